The molecule has 0 amide bonds. The van der Waals surface area contributed by atoms with E-state index in [1.807, 2.05) is 12.1 Å². The first-order chi connectivity index (χ1) is 17.7. The van der Waals surface area contributed by atoms with Crippen molar-refractivity contribution in [2.75, 3.05) is 7.11 Å². The second kappa shape index (κ2) is 8.00. The van der Waals surface area contributed by atoms with Crippen LogP contribution in [0.1, 0.15) is 5.56 Å². The maximum Gasteiger partial charge on any atom is 0.143 e. The van der Waals surface area contributed by atoms with Crippen molar-refractivity contribution in [3.05, 3.63) is 115 Å². The highest BCUT2D eigenvalue weighted by atomic mass is 16.5. The molecule has 2 heteroatoms. The van der Waals surface area contributed by atoms with Crippen LogP contribution in [-0.2, 0) is 0 Å². The molecule has 2 nitrogen and oxygen atoms in total. The van der Waals surface area contributed by atoms with Crippen molar-refractivity contribution in [1.29, 1.82) is 0 Å². The van der Waals surface area contributed by atoms with Gasteiger partial charge in [-0.2, -0.15) is 0 Å². The number of methoxy groups -OCH3 is 1. The Morgan fingerprint density at radius 1 is 0.500 bits per heavy atom. The van der Waals surface area contributed by atoms with E-state index < -0.39 is 0 Å². The summed E-state index contributed by atoms with van der Waals surface area (Å²) in [5, 5.41) is 6.91. The van der Waals surface area contributed by atoms with E-state index in [-0.39, 0.29) is 0 Å². The molecule has 0 atom stereocenters. The van der Waals surface area contributed by atoms with Crippen LogP contribution in [-0.4, -0.2) is 7.11 Å². The van der Waals surface area contributed by atoms with Gasteiger partial charge >= 0.3 is 0 Å². The number of hydrogen-bond donors (Lipinski definition) is 0. The summed E-state index contributed by atoms with van der Waals surface area (Å²) in [6, 6.07) is 38.7. The molecule has 0 saturated carbocycles. The fraction of sp³-hybridized carbons (Fsp3) is 0.0588. The average Bonchev–Trinajstić information content (AvgIpc) is 3.32. The maximum absolute atomic E-state index is 6.70. The van der Waals surface area contributed by atoms with Gasteiger partial charge in [0.2, 0.25) is 0 Å². The molecule has 1 heterocycles. The van der Waals surface area contributed by atoms with Gasteiger partial charge in [0.05, 0.1) is 7.11 Å². The molecule has 36 heavy (non-hydrogen) atoms. The Hall–Kier alpha value is -4.56. The molecular formula is C34H24O2. The molecule has 172 valence electrons. The fourth-order valence-electron chi connectivity index (χ4n) is 5.40. The van der Waals surface area contributed by atoms with Crippen molar-refractivity contribution in [3.8, 4) is 28.0 Å². The molecule has 0 aliphatic carbocycles. The maximum atomic E-state index is 6.70. The monoisotopic (exact) mass is 464 g/mol. The Balaban J connectivity index is 1.61. The van der Waals surface area contributed by atoms with Crippen molar-refractivity contribution in [1.82, 2.24) is 0 Å². The molecule has 0 spiro atoms. The van der Waals surface area contributed by atoms with Crippen LogP contribution in [0, 0.1) is 6.92 Å². The first kappa shape index (κ1) is 20.8. The minimum atomic E-state index is 0.854. The minimum absolute atomic E-state index is 0.854. The summed E-state index contributed by atoms with van der Waals surface area (Å²) in [6.07, 6.45) is 0. The summed E-state index contributed by atoms with van der Waals surface area (Å²) in [6.45, 7) is 2.13. The molecule has 0 bridgehead atoms. The summed E-state index contributed by atoms with van der Waals surface area (Å²) in [5.74, 6) is 0.854. The number of ether oxygens (including phenoxy) is 1. The highest BCUT2D eigenvalue weighted by molar-refractivity contribution is 6.24. The lowest BCUT2D eigenvalue weighted by Gasteiger charge is -2.10. The van der Waals surface area contributed by atoms with Gasteiger partial charge in [0.25, 0.3) is 0 Å². The Morgan fingerprint density at radius 2 is 0.944 bits per heavy atom. The zero-order chi connectivity index (χ0) is 24.2. The van der Waals surface area contributed by atoms with Crippen LogP contribution in [0.15, 0.2) is 114 Å². The van der Waals surface area contributed by atoms with Gasteiger partial charge in [0, 0.05) is 21.5 Å². The first-order valence-electron chi connectivity index (χ1n) is 12.2. The van der Waals surface area contributed by atoms with Crippen LogP contribution in [0.3, 0.4) is 0 Å². The molecule has 6 aromatic carbocycles. The lowest BCUT2D eigenvalue weighted by Crippen LogP contribution is -1.85. The molecule has 0 unspecified atom stereocenters. The Bertz CT molecular complexity index is 1910. The molecule has 0 saturated heterocycles. The predicted octanol–water partition coefficient (Wildman–Crippen LogP) is 9.54. The van der Waals surface area contributed by atoms with E-state index in [1.54, 1.807) is 7.11 Å². The van der Waals surface area contributed by atoms with Crippen LogP contribution < -0.4 is 4.74 Å². The number of furan rings is 1. The average molecular weight is 465 g/mol. The molecule has 0 N–H and O–H groups in total. The standard InChI is InChI=1S/C34H24O2/c1-21-11-13-22(14-12-21)29-19-31-32-20-30(23-15-17-24(35-2)18-16-23)26-8-4-6-10-28(26)34(32)36-33(31)27-9-5-3-7-25(27)29/h3-20H,1-2H3. The third kappa shape index (κ3) is 3.11. The third-order valence-corrected chi connectivity index (χ3v) is 7.25. The van der Waals surface area contributed by atoms with Crippen LogP contribution in [0.5, 0.6) is 5.75 Å². The molecule has 0 fully saturated rings. The van der Waals surface area contributed by atoms with Gasteiger partial charge < -0.3 is 9.15 Å². The van der Waals surface area contributed by atoms with Crippen LogP contribution in [0.2, 0.25) is 0 Å². The van der Waals surface area contributed by atoms with Crippen LogP contribution in [0.25, 0.3) is 65.7 Å². The van der Waals surface area contributed by atoms with Crippen LogP contribution in [0.4, 0.5) is 0 Å². The highest BCUT2D eigenvalue weighted by Crippen LogP contribution is 2.44. The van der Waals surface area contributed by atoms with E-state index in [0.717, 1.165) is 44.0 Å². The van der Waals surface area contributed by atoms with Gasteiger partial charge in [-0.1, -0.05) is 90.5 Å². The molecule has 7 rings (SSSR count). The lowest BCUT2D eigenvalue weighted by atomic mass is 9.92. The minimum Gasteiger partial charge on any atom is -0.497 e. The fourth-order valence-corrected chi connectivity index (χ4v) is 5.40. The van der Waals surface area contributed by atoms with Crippen LogP contribution >= 0.6 is 0 Å². The SMILES string of the molecule is COc1ccc(-c2cc3c4cc(-c5ccc(C)cc5)c5ccccc5c4oc3c3ccccc23)cc1. The summed E-state index contributed by atoms with van der Waals surface area (Å²) in [4.78, 5) is 0. The molecule has 1 aromatic heterocycles. The van der Waals surface area contributed by atoms with Crippen molar-refractivity contribution in [2.45, 2.75) is 6.92 Å². The third-order valence-electron chi connectivity index (χ3n) is 7.25. The largest absolute Gasteiger partial charge is 0.497 e. The number of fused-ring (bicyclic) bond motifs is 7. The Kier molecular flexibility index (Phi) is 4.62. The number of hydrogen-bond acceptors (Lipinski definition) is 2. The Labute approximate surface area is 209 Å². The van der Waals surface area contributed by atoms with Gasteiger partial charge in [-0.3, -0.25) is 0 Å². The van der Waals surface area contributed by atoms with Gasteiger partial charge in [-0.05, 0) is 64.2 Å². The topological polar surface area (TPSA) is 22.4 Å². The van der Waals surface area contributed by atoms with Gasteiger partial charge in [-0.25, -0.2) is 0 Å². The van der Waals surface area contributed by atoms with E-state index in [4.69, 9.17) is 9.15 Å². The molecule has 0 radical (unpaired) electrons. The molecule has 0 aliphatic rings. The summed E-state index contributed by atoms with van der Waals surface area (Å²) < 4.78 is 12.1. The Morgan fingerprint density at radius 3 is 1.42 bits per heavy atom. The first-order valence-corrected chi connectivity index (χ1v) is 12.2. The highest BCUT2D eigenvalue weighted by Gasteiger charge is 2.18. The molecular weight excluding hydrogens is 440 g/mol. The van der Waals surface area contributed by atoms with E-state index in [2.05, 4.69) is 104 Å². The normalized spacial score (nSPS) is 11.6. The van der Waals surface area contributed by atoms with Crippen molar-refractivity contribution in [2.24, 2.45) is 0 Å². The molecule has 7 aromatic rings. The zero-order valence-corrected chi connectivity index (χ0v) is 20.2. The summed E-state index contributed by atoms with van der Waals surface area (Å²) in [5.41, 5.74) is 7.91. The second-order valence-electron chi connectivity index (χ2n) is 9.39. The van der Waals surface area contributed by atoms with Gasteiger partial charge in [-0.15, -0.1) is 0 Å². The number of aryl methyl sites for hydroxylation is 1. The quantitative estimate of drug-likeness (QED) is 0.260. The van der Waals surface area contributed by atoms with Crippen molar-refractivity contribution in [3.63, 3.8) is 0 Å². The van der Waals surface area contributed by atoms with E-state index in [1.165, 1.54) is 33.0 Å². The second-order valence-corrected chi connectivity index (χ2v) is 9.39. The smallest absolute Gasteiger partial charge is 0.143 e. The summed E-state index contributed by atoms with van der Waals surface area (Å²) >= 11 is 0. The van der Waals surface area contributed by atoms with Crippen molar-refractivity contribution < 1.29 is 9.15 Å². The van der Waals surface area contributed by atoms with Gasteiger partial charge in [0.15, 0.2) is 0 Å². The molecule has 0 aliphatic heterocycles. The predicted molar refractivity (Wildman–Crippen MR) is 151 cm³/mol. The van der Waals surface area contributed by atoms with E-state index in [9.17, 15) is 0 Å². The van der Waals surface area contributed by atoms with Gasteiger partial charge in [0.1, 0.15) is 16.9 Å². The summed E-state index contributed by atoms with van der Waals surface area (Å²) in [7, 11) is 1.70. The zero-order valence-electron chi connectivity index (χ0n) is 20.2. The number of benzene rings is 6. The van der Waals surface area contributed by atoms with E-state index >= 15 is 0 Å². The van der Waals surface area contributed by atoms with Crippen molar-refractivity contribution >= 4 is 43.5 Å². The number of rotatable bonds is 3. The van der Waals surface area contributed by atoms with E-state index in [0.29, 0.717) is 0 Å². The lowest BCUT2D eigenvalue weighted by molar-refractivity contribution is 0.415.